The molecule has 192 valence electrons. The highest BCUT2D eigenvalue weighted by Crippen LogP contribution is 2.76. The number of carboxylic acids is 1. The van der Waals surface area contributed by atoms with Crippen LogP contribution in [0.15, 0.2) is 11.6 Å². The molecule has 4 fully saturated rings. The third-order valence-electron chi connectivity index (χ3n) is 13.0. The van der Waals surface area contributed by atoms with E-state index in [1.54, 1.807) is 0 Å². The van der Waals surface area contributed by atoms with Crippen molar-refractivity contribution in [2.75, 3.05) is 0 Å². The number of aliphatic carboxylic acids is 1. The molecule has 0 aromatic rings. The lowest BCUT2D eigenvalue weighted by Gasteiger charge is -2.71. The van der Waals surface area contributed by atoms with E-state index in [1.165, 1.54) is 18.4 Å². The molecule has 0 saturated heterocycles. The van der Waals surface area contributed by atoms with Gasteiger partial charge in [0.25, 0.3) is 0 Å². The van der Waals surface area contributed by atoms with Gasteiger partial charge >= 0.3 is 5.97 Å². The van der Waals surface area contributed by atoms with Crippen LogP contribution >= 0.6 is 0 Å². The molecule has 12 atom stereocenters. The second kappa shape index (κ2) is 7.34. The molecule has 5 aliphatic carbocycles. The van der Waals surface area contributed by atoms with Crippen LogP contribution in [0.4, 0.5) is 0 Å². The van der Waals surface area contributed by atoms with Gasteiger partial charge in [-0.15, -0.1) is 0 Å². The van der Waals surface area contributed by atoms with Crippen LogP contribution in [0.1, 0.15) is 99.8 Å². The molecule has 0 amide bonds. The standard InChI is InChI=1S/C30H48O4/c1-17-10-12-26(4)14-15-30(25(32)33)20(23(26)19(17)3)8-9-21-27(5)13-11-22(31)29(7,34)24(27)18(2)16-28(21,30)6/h8,17-19,21-24,31,34H,9-16H2,1-7H3,(H,32,33)/t17-,18-,19+,21-,22+,23+,24-,26-,27-,28-,29+,30-/m1/s1. The van der Waals surface area contributed by atoms with Crippen LogP contribution in [0.2, 0.25) is 0 Å². The first-order chi connectivity index (χ1) is 15.7. The first-order valence-electron chi connectivity index (χ1n) is 14.0. The summed E-state index contributed by atoms with van der Waals surface area (Å²) < 4.78 is 0. The molecule has 0 aromatic carbocycles. The monoisotopic (exact) mass is 472 g/mol. The molecule has 0 aromatic heterocycles. The fraction of sp³-hybridized carbons (Fsp3) is 0.900. The van der Waals surface area contributed by atoms with E-state index in [0.29, 0.717) is 24.2 Å². The first kappa shape index (κ1) is 24.8. The lowest BCUT2D eigenvalue weighted by Crippen LogP contribution is -2.70. The van der Waals surface area contributed by atoms with Crippen molar-refractivity contribution < 1.29 is 20.1 Å². The van der Waals surface area contributed by atoms with Gasteiger partial charge in [-0.25, -0.2) is 0 Å². The highest BCUT2D eigenvalue weighted by atomic mass is 16.4. The number of carbonyl (C=O) groups is 1. The Balaban J connectivity index is 1.69. The lowest BCUT2D eigenvalue weighted by molar-refractivity contribution is -0.253. The van der Waals surface area contributed by atoms with Gasteiger partial charge in [0.15, 0.2) is 0 Å². The molecule has 4 heteroatoms. The van der Waals surface area contributed by atoms with Gasteiger partial charge in [0.05, 0.1) is 17.1 Å². The van der Waals surface area contributed by atoms with Gasteiger partial charge in [-0.3, -0.25) is 4.79 Å². The Morgan fingerprint density at radius 1 is 0.971 bits per heavy atom. The van der Waals surface area contributed by atoms with E-state index in [0.717, 1.165) is 32.1 Å². The first-order valence-corrected chi connectivity index (χ1v) is 14.0. The van der Waals surface area contributed by atoms with Crippen molar-refractivity contribution in [1.82, 2.24) is 0 Å². The third-order valence-corrected chi connectivity index (χ3v) is 13.0. The molecule has 0 bridgehead atoms. The Bertz CT molecular complexity index is 907. The highest BCUT2D eigenvalue weighted by Gasteiger charge is 2.73. The van der Waals surface area contributed by atoms with E-state index in [9.17, 15) is 20.1 Å². The van der Waals surface area contributed by atoms with Crippen molar-refractivity contribution >= 4 is 5.97 Å². The zero-order chi connectivity index (χ0) is 25.1. The number of aliphatic hydroxyl groups excluding tert-OH is 1. The second-order valence-electron chi connectivity index (χ2n) is 14.5. The van der Waals surface area contributed by atoms with Crippen molar-refractivity contribution in [3.8, 4) is 0 Å². The van der Waals surface area contributed by atoms with Gasteiger partial charge in [0, 0.05) is 0 Å². The molecule has 0 unspecified atom stereocenters. The maximum atomic E-state index is 13.6. The molecule has 4 nitrogen and oxygen atoms in total. The van der Waals surface area contributed by atoms with Crippen molar-refractivity contribution in [3.63, 3.8) is 0 Å². The van der Waals surface area contributed by atoms with Crippen molar-refractivity contribution in [2.24, 2.45) is 57.2 Å². The van der Waals surface area contributed by atoms with Crippen LogP contribution in [0.5, 0.6) is 0 Å². The normalized spacial score (nSPS) is 59.1. The van der Waals surface area contributed by atoms with Gasteiger partial charge in [0.1, 0.15) is 0 Å². The molecular formula is C30H48O4. The molecule has 0 radical (unpaired) electrons. The van der Waals surface area contributed by atoms with Gasteiger partial charge in [-0.05, 0) is 110 Å². The van der Waals surface area contributed by atoms with Crippen LogP contribution in [-0.2, 0) is 4.79 Å². The zero-order valence-corrected chi connectivity index (χ0v) is 22.5. The van der Waals surface area contributed by atoms with Gasteiger partial charge < -0.3 is 15.3 Å². The van der Waals surface area contributed by atoms with Crippen LogP contribution < -0.4 is 0 Å². The van der Waals surface area contributed by atoms with E-state index in [2.05, 4.69) is 47.6 Å². The number of hydrogen-bond donors (Lipinski definition) is 3. The minimum Gasteiger partial charge on any atom is -0.481 e. The number of allylic oxidation sites excluding steroid dienone is 1. The fourth-order valence-corrected chi connectivity index (χ4v) is 11.4. The van der Waals surface area contributed by atoms with Crippen molar-refractivity contribution in [3.05, 3.63) is 11.6 Å². The SMILES string of the molecule is C[C@H]1[C@H](C)CC[C@]2(C)CC[C@]3(C(=O)O)C(=CC[C@@H]4[C@@]5(C)CC[C@H](O)[C@](C)(O)[C@@H]5[C@H](C)C[C@]43C)[C@H]12. The molecule has 34 heavy (non-hydrogen) atoms. The van der Waals surface area contributed by atoms with Gasteiger partial charge in [-0.2, -0.15) is 0 Å². The largest absolute Gasteiger partial charge is 0.481 e. The van der Waals surface area contributed by atoms with Crippen LogP contribution in [-0.4, -0.2) is 33.0 Å². The Hall–Kier alpha value is -0.870. The smallest absolute Gasteiger partial charge is 0.314 e. The van der Waals surface area contributed by atoms with E-state index in [1.807, 2.05) is 6.92 Å². The Labute approximate surface area is 206 Å². The third kappa shape index (κ3) is 2.76. The number of fused-ring (bicyclic) bond motifs is 7. The molecule has 5 rings (SSSR count). The summed E-state index contributed by atoms with van der Waals surface area (Å²) in [5.41, 5.74) is -1.05. The zero-order valence-electron chi connectivity index (χ0n) is 22.5. The summed E-state index contributed by atoms with van der Waals surface area (Å²) in [6.45, 7) is 15.8. The van der Waals surface area contributed by atoms with Crippen molar-refractivity contribution in [2.45, 2.75) is 112 Å². The molecule has 3 N–H and O–H groups in total. The number of aliphatic hydroxyl groups is 2. The van der Waals surface area contributed by atoms with E-state index in [-0.39, 0.29) is 34.0 Å². The molecule has 0 heterocycles. The van der Waals surface area contributed by atoms with Gasteiger partial charge in [-0.1, -0.05) is 53.2 Å². The summed E-state index contributed by atoms with van der Waals surface area (Å²) in [7, 11) is 0. The Morgan fingerprint density at radius 2 is 1.65 bits per heavy atom. The highest BCUT2D eigenvalue weighted by molar-refractivity contribution is 5.81. The average Bonchev–Trinajstić information content (AvgIpc) is 2.72. The number of carboxylic acid groups (broad SMARTS) is 1. The summed E-state index contributed by atoms with van der Waals surface area (Å²) in [5, 5.41) is 33.4. The maximum absolute atomic E-state index is 13.6. The molecule has 5 aliphatic rings. The fourth-order valence-electron chi connectivity index (χ4n) is 11.4. The van der Waals surface area contributed by atoms with Crippen LogP contribution in [0, 0.1) is 57.2 Å². The second-order valence-corrected chi connectivity index (χ2v) is 14.5. The van der Waals surface area contributed by atoms with Crippen LogP contribution in [0.25, 0.3) is 0 Å². The van der Waals surface area contributed by atoms with E-state index >= 15 is 0 Å². The lowest BCUT2D eigenvalue weighted by atomic mass is 9.32. The quantitative estimate of drug-likeness (QED) is 0.405. The average molecular weight is 473 g/mol. The van der Waals surface area contributed by atoms with Gasteiger partial charge in [0.2, 0.25) is 0 Å². The minimum atomic E-state index is -1.13. The summed E-state index contributed by atoms with van der Waals surface area (Å²) in [5.74, 6) is 1.18. The number of hydrogen-bond acceptors (Lipinski definition) is 3. The summed E-state index contributed by atoms with van der Waals surface area (Å²) in [4.78, 5) is 13.6. The van der Waals surface area contributed by atoms with Crippen LogP contribution in [0.3, 0.4) is 0 Å². The van der Waals surface area contributed by atoms with E-state index < -0.39 is 23.1 Å². The summed E-state index contributed by atoms with van der Waals surface area (Å²) in [6.07, 6.45) is 9.00. The Kier molecular flexibility index (Phi) is 5.36. The Morgan fingerprint density at radius 3 is 2.29 bits per heavy atom. The number of rotatable bonds is 1. The summed E-state index contributed by atoms with van der Waals surface area (Å²) in [6, 6.07) is 0. The topological polar surface area (TPSA) is 77.8 Å². The molecular weight excluding hydrogens is 424 g/mol. The maximum Gasteiger partial charge on any atom is 0.314 e. The minimum absolute atomic E-state index is 0.0231. The molecule has 4 saturated carbocycles. The van der Waals surface area contributed by atoms with Crippen molar-refractivity contribution in [1.29, 1.82) is 0 Å². The predicted molar refractivity (Wildman–Crippen MR) is 134 cm³/mol. The predicted octanol–water partition coefficient (Wildman–Crippen LogP) is 6.06. The molecule has 0 spiro atoms. The summed E-state index contributed by atoms with van der Waals surface area (Å²) >= 11 is 0. The molecule has 0 aliphatic heterocycles. The van der Waals surface area contributed by atoms with E-state index in [4.69, 9.17) is 0 Å².